The van der Waals surface area contributed by atoms with E-state index in [9.17, 15) is 14.7 Å². The van der Waals surface area contributed by atoms with Crippen LogP contribution in [0.25, 0.3) is 10.6 Å². The van der Waals surface area contributed by atoms with Gasteiger partial charge in [-0.15, -0.1) is 11.3 Å². The van der Waals surface area contributed by atoms with Gasteiger partial charge in [-0.05, 0) is 23.4 Å². The van der Waals surface area contributed by atoms with Crippen molar-refractivity contribution in [2.75, 3.05) is 0 Å². The molecule has 2 aromatic rings. The van der Waals surface area contributed by atoms with E-state index in [4.69, 9.17) is 0 Å². The Bertz CT molecular complexity index is 596. The Hall–Kier alpha value is -1.88. The molecule has 0 aromatic carbocycles. The maximum atomic E-state index is 11.3. The summed E-state index contributed by atoms with van der Waals surface area (Å²) in [4.78, 5) is 23.4. The van der Waals surface area contributed by atoms with E-state index in [2.05, 4.69) is 0 Å². The number of aromatic carboxylic acids is 1. The molecular weight excluding hydrogens is 250 g/mol. The van der Waals surface area contributed by atoms with Gasteiger partial charge < -0.3 is 9.67 Å². The standard InChI is InChI=1S/C13H13NO3S/c1-3-8-11(13(16)17)9(7-15)14(2)12(8)10-5-4-6-18-10/h4-7H,3H2,1-2H3,(H,16,17). The lowest BCUT2D eigenvalue weighted by Crippen LogP contribution is -2.04. The molecule has 0 aliphatic heterocycles. The zero-order valence-corrected chi connectivity index (χ0v) is 11.0. The number of nitrogens with zero attached hydrogens (tertiary/aromatic N) is 1. The number of carbonyl (C=O) groups is 2. The average Bonchev–Trinajstić information content (AvgIpc) is 2.93. The minimum atomic E-state index is -1.05. The van der Waals surface area contributed by atoms with Crippen LogP contribution in [0.3, 0.4) is 0 Å². The van der Waals surface area contributed by atoms with E-state index in [0.29, 0.717) is 12.7 Å². The molecule has 0 atom stereocenters. The summed E-state index contributed by atoms with van der Waals surface area (Å²) in [5.41, 5.74) is 1.89. The Morgan fingerprint density at radius 3 is 2.72 bits per heavy atom. The Morgan fingerprint density at radius 2 is 2.28 bits per heavy atom. The van der Waals surface area contributed by atoms with Gasteiger partial charge in [-0.2, -0.15) is 0 Å². The second-order valence-corrected chi connectivity index (χ2v) is 4.85. The molecule has 2 heterocycles. The first kappa shape index (κ1) is 12.6. The first-order valence-electron chi connectivity index (χ1n) is 5.55. The lowest BCUT2D eigenvalue weighted by atomic mass is 10.1. The molecule has 0 fully saturated rings. The predicted molar refractivity (Wildman–Crippen MR) is 70.5 cm³/mol. The monoisotopic (exact) mass is 263 g/mol. The Labute approximate surface area is 108 Å². The molecule has 0 radical (unpaired) electrons. The largest absolute Gasteiger partial charge is 0.478 e. The fourth-order valence-electron chi connectivity index (χ4n) is 2.21. The highest BCUT2D eigenvalue weighted by Gasteiger charge is 2.25. The molecule has 0 saturated carbocycles. The third-order valence-corrected chi connectivity index (χ3v) is 3.85. The van der Waals surface area contributed by atoms with Crippen molar-refractivity contribution in [3.63, 3.8) is 0 Å². The van der Waals surface area contributed by atoms with Crippen molar-refractivity contribution < 1.29 is 14.7 Å². The number of thiophene rings is 1. The summed E-state index contributed by atoms with van der Waals surface area (Å²) in [6, 6.07) is 3.84. The lowest BCUT2D eigenvalue weighted by Gasteiger charge is -2.04. The van der Waals surface area contributed by atoms with Gasteiger partial charge in [0.05, 0.1) is 21.8 Å². The fraction of sp³-hybridized carbons (Fsp3) is 0.231. The second-order valence-electron chi connectivity index (χ2n) is 3.90. The van der Waals surface area contributed by atoms with E-state index < -0.39 is 5.97 Å². The summed E-state index contributed by atoms with van der Waals surface area (Å²) >= 11 is 1.53. The molecule has 0 bridgehead atoms. The lowest BCUT2D eigenvalue weighted by molar-refractivity contribution is 0.0692. The zero-order chi connectivity index (χ0) is 13.3. The molecule has 0 aliphatic rings. The molecule has 2 rings (SSSR count). The topological polar surface area (TPSA) is 59.3 Å². The molecule has 5 heteroatoms. The molecule has 0 spiro atoms. The minimum absolute atomic E-state index is 0.124. The molecule has 94 valence electrons. The summed E-state index contributed by atoms with van der Waals surface area (Å²) < 4.78 is 1.67. The molecule has 0 amide bonds. The van der Waals surface area contributed by atoms with E-state index in [-0.39, 0.29) is 11.3 Å². The molecule has 1 N–H and O–H groups in total. The van der Waals surface area contributed by atoms with E-state index in [1.165, 1.54) is 11.3 Å². The number of aldehydes is 1. The molecule has 4 nitrogen and oxygen atoms in total. The van der Waals surface area contributed by atoms with Crippen LogP contribution in [0, 0.1) is 0 Å². The predicted octanol–water partition coefficient (Wildman–Crippen LogP) is 2.83. The van der Waals surface area contributed by atoms with Crippen LogP contribution < -0.4 is 0 Å². The van der Waals surface area contributed by atoms with E-state index in [1.54, 1.807) is 11.6 Å². The van der Waals surface area contributed by atoms with Crippen molar-refractivity contribution in [2.45, 2.75) is 13.3 Å². The summed E-state index contributed by atoms with van der Waals surface area (Å²) in [6.45, 7) is 1.90. The Balaban J connectivity index is 2.81. The first-order chi connectivity index (χ1) is 8.61. The number of hydrogen-bond donors (Lipinski definition) is 1. The summed E-state index contributed by atoms with van der Waals surface area (Å²) in [5, 5.41) is 11.2. The van der Waals surface area contributed by atoms with Crippen molar-refractivity contribution in [1.29, 1.82) is 0 Å². The molecular formula is C13H13NO3S. The Morgan fingerprint density at radius 1 is 1.56 bits per heavy atom. The van der Waals surface area contributed by atoms with Crippen LogP contribution in [-0.4, -0.2) is 21.9 Å². The van der Waals surface area contributed by atoms with Crippen LogP contribution in [-0.2, 0) is 13.5 Å². The minimum Gasteiger partial charge on any atom is -0.478 e. The normalized spacial score (nSPS) is 10.6. The highest BCUT2D eigenvalue weighted by Crippen LogP contribution is 2.33. The van der Waals surface area contributed by atoms with Gasteiger partial charge >= 0.3 is 5.97 Å². The van der Waals surface area contributed by atoms with Gasteiger partial charge in [0.1, 0.15) is 0 Å². The van der Waals surface area contributed by atoms with E-state index >= 15 is 0 Å². The average molecular weight is 263 g/mol. The van der Waals surface area contributed by atoms with E-state index in [0.717, 1.165) is 16.1 Å². The SMILES string of the molecule is CCc1c(C(=O)O)c(C=O)n(C)c1-c1cccs1. The van der Waals surface area contributed by atoms with Gasteiger partial charge in [-0.3, -0.25) is 4.79 Å². The van der Waals surface area contributed by atoms with Gasteiger partial charge in [0.15, 0.2) is 6.29 Å². The molecule has 0 saturated heterocycles. The zero-order valence-electron chi connectivity index (χ0n) is 10.1. The van der Waals surface area contributed by atoms with Crippen LogP contribution in [0.5, 0.6) is 0 Å². The molecule has 2 aromatic heterocycles. The van der Waals surface area contributed by atoms with Crippen LogP contribution in [0.1, 0.15) is 33.3 Å². The molecule has 0 aliphatic carbocycles. The van der Waals surface area contributed by atoms with Gasteiger partial charge in [-0.25, -0.2) is 4.79 Å². The maximum Gasteiger partial charge on any atom is 0.338 e. The van der Waals surface area contributed by atoms with Crippen LogP contribution in [0.4, 0.5) is 0 Å². The third-order valence-electron chi connectivity index (χ3n) is 2.97. The Kier molecular flexibility index (Phi) is 3.34. The van der Waals surface area contributed by atoms with Gasteiger partial charge in [0, 0.05) is 7.05 Å². The van der Waals surface area contributed by atoms with Crippen LogP contribution in [0.2, 0.25) is 0 Å². The number of rotatable bonds is 4. The number of carboxylic acid groups (broad SMARTS) is 1. The highest BCUT2D eigenvalue weighted by atomic mass is 32.1. The number of carbonyl (C=O) groups excluding carboxylic acids is 1. The van der Waals surface area contributed by atoms with Crippen LogP contribution >= 0.6 is 11.3 Å². The smallest absolute Gasteiger partial charge is 0.338 e. The van der Waals surface area contributed by atoms with Crippen molar-refractivity contribution in [1.82, 2.24) is 4.57 Å². The van der Waals surface area contributed by atoms with Crippen molar-refractivity contribution in [3.05, 3.63) is 34.3 Å². The molecule has 0 unspecified atom stereocenters. The fourth-order valence-corrected chi connectivity index (χ4v) is 3.04. The number of hydrogen-bond acceptors (Lipinski definition) is 3. The first-order valence-corrected chi connectivity index (χ1v) is 6.43. The van der Waals surface area contributed by atoms with Gasteiger partial charge in [-0.1, -0.05) is 13.0 Å². The summed E-state index contributed by atoms with van der Waals surface area (Å²) in [6.07, 6.45) is 1.19. The maximum absolute atomic E-state index is 11.3. The van der Waals surface area contributed by atoms with E-state index in [1.807, 2.05) is 24.4 Å². The van der Waals surface area contributed by atoms with Gasteiger partial charge in [0.2, 0.25) is 0 Å². The second kappa shape index (κ2) is 4.78. The van der Waals surface area contributed by atoms with Crippen molar-refractivity contribution in [2.24, 2.45) is 7.05 Å². The van der Waals surface area contributed by atoms with Crippen molar-refractivity contribution in [3.8, 4) is 10.6 Å². The summed E-state index contributed by atoms with van der Waals surface area (Å²) in [5.74, 6) is -1.05. The summed E-state index contributed by atoms with van der Waals surface area (Å²) in [7, 11) is 1.73. The number of carboxylic acids is 1. The van der Waals surface area contributed by atoms with Crippen molar-refractivity contribution >= 4 is 23.6 Å². The number of aromatic nitrogens is 1. The quantitative estimate of drug-likeness (QED) is 0.863. The third kappa shape index (κ3) is 1.76. The van der Waals surface area contributed by atoms with Crippen LogP contribution in [0.15, 0.2) is 17.5 Å². The van der Waals surface area contributed by atoms with Gasteiger partial charge in [0.25, 0.3) is 0 Å². The highest BCUT2D eigenvalue weighted by molar-refractivity contribution is 7.13. The molecule has 18 heavy (non-hydrogen) atoms.